The van der Waals surface area contributed by atoms with E-state index in [9.17, 15) is 22.0 Å². The highest BCUT2D eigenvalue weighted by atomic mass is 35.5. The predicted octanol–water partition coefficient (Wildman–Crippen LogP) is 3.24. The van der Waals surface area contributed by atoms with Crippen LogP contribution in [0.2, 0.25) is 0 Å². The molecule has 0 radical (unpaired) electrons. The molecule has 0 N–H and O–H groups in total. The minimum atomic E-state index is -4.36. The molecule has 2 nitrogen and oxygen atoms in total. The highest BCUT2D eigenvalue weighted by molar-refractivity contribution is 6.17. The highest BCUT2D eigenvalue weighted by Crippen LogP contribution is 2.25. The Hall–Kier alpha value is -1.11. The Labute approximate surface area is 98.4 Å². The molecule has 0 aromatic carbocycles. The van der Waals surface area contributed by atoms with Gasteiger partial charge in [0.05, 0.1) is 5.88 Å². The van der Waals surface area contributed by atoms with Crippen molar-refractivity contribution in [2.45, 2.75) is 18.2 Å². The van der Waals surface area contributed by atoms with Gasteiger partial charge in [0, 0.05) is 11.8 Å². The first-order chi connectivity index (χ1) is 7.88. The number of hydrogen-bond donors (Lipinski definition) is 0. The molecule has 0 amide bonds. The van der Waals surface area contributed by atoms with Crippen LogP contribution in [0.15, 0.2) is 12.3 Å². The van der Waals surface area contributed by atoms with Gasteiger partial charge in [-0.1, -0.05) is 0 Å². The third kappa shape index (κ3) is 3.42. The zero-order chi connectivity index (χ0) is 13.1. The molecule has 0 aliphatic heterocycles. The standard InChI is InChI=1S/C9H7ClF5NO/c10-3-5-1-2-16-7(6(5)11)17-4-9(14,15)8(12)13/h1-2,8H,3-4H2. The Kier molecular flexibility index (Phi) is 4.50. The first-order valence-corrected chi connectivity index (χ1v) is 4.90. The normalized spacial score (nSPS) is 11.9. The SMILES string of the molecule is Fc1c(CCl)ccnc1OCC(F)(F)C(F)F. The van der Waals surface area contributed by atoms with Crippen molar-refractivity contribution >= 4 is 11.6 Å². The van der Waals surface area contributed by atoms with Crippen LogP contribution in [0, 0.1) is 5.82 Å². The van der Waals surface area contributed by atoms with E-state index in [1.165, 1.54) is 6.07 Å². The zero-order valence-corrected chi connectivity index (χ0v) is 9.03. The van der Waals surface area contributed by atoms with E-state index in [0.717, 1.165) is 6.20 Å². The molecule has 0 saturated heterocycles. The van der Waals surface area contributed by atoms with E-state index < -0.39 is 30.7 Å². The van der Waals surface area contributed by atoms with Crippen LogP contribution < -0.4 is 4.74 Å². The van der Waals surface area contributed by atoms with Crippen LogP contribution in [0.5, 0.6) is 5.88 Å². The maximum atomic E-state index is 13.3. The molecule has 0 spiro atoms. The van der Waals surface area contributed by atoms with Crippen molar-refractivity contribution in [2.75, 3.05) is 6.61 Å². The van der Waals surface area contributed by atoms with Gasteiger partial charge in [-0.25, -0.2) is 18.2 Å². The largest absolute Gasteiger partial charge is 0.469 e. The summed E-state index contributed by atoms with van der Waals surface area (Å²) in [5.41, 5.74) is -0.0166. The van der Waals surface area contributed by atoms with Crippen molar-refractivity contribution in [3.63, 3.8) is 0 Å². The lowest BCUT2D eigenvalue weighted by Gasteiger charge is -2.15. The third-order valence-electron chi connectivity index (χ3n) is 1.80. The first kappa shape index (κ1) is 14.0. The summed E-state index contributed by atoms with van der Waals surface area (Å²) in [5, 5.41) is 0. The lowest BCUT2D eigenvalue weighted by Crippen LogP contribution is -2.34. The topological polar surface area (TPSA) is 22.1 Å². The van der Waals surface area contributed by atoms with E-state index in [0.29, 0.717) is 0 Å². The van der Waals surface area contributed by atoms with Crippen LogP contribution in [0.1, 0.15) is 5.56 Å². The smallest absolute Gasteiger partial charge is 0.340 e. The molecule has 0 unspecified atom stereocenters. The highest BCUT2D eigenvalue weighted by Gasteiger charge is 2.42. The molecule has 0 bridgehead atoms. The molecule has 0 aliphatic carbocycles. The fraction of sp³-hybridized carbons (Fsp3) is 0.444. The summed E-state index contributed by atoms with van der Waals surface area (Å²) in [4.78, 5) is 3.32. The van der Waals surface area contributed by atoms with E-state index in [2.05, 4.69) is 9.72 Å². The summed E-state index contributed by atoms with van der Waals surface area (Å²) in [6.45, 7) is -1.65. The fourth-order valence-electron chi connectivity index (χ4n) is 0.894. The molecule has 1 aromatic rings. The van der Waals surface area contributed by atoms with E-state index in [-0.39, 0.29) is 11.4 Å². The number of nitrogens with zero attached hydrogens (tertiary/aromatic N) is 1. The van der Waals surface area contributed by atoms with Gasteiger partial charge < -0.3 is 4.74 Å². The molecular weight excluding hydrogens is 269 g/mol. The molecule has 1 heterocycles. The lowest BCUT2D eigenvalue weighted by atomic mass is 10.3. The quantitative estimate of drug-likeness (QED) is 0.608. The maximum absolute atomic E-state index is 13.3. The molecule has 1 rings (SSSR count). The van der Waals surface area contributed by atoms with E-state index >= 15 is 0 Å². The molecule has 17 heavy (non-hydrogen) atoms. The summed E-state index contributed by atoms with van der Waals surface area (Å²) in [6.07, 6.45) is -2.81. The van der Waals surface area contributed by atoms with Crippen molar-refractivity contribution in [3.05, 3.63) is 23.6 Å². The molecule has 1 aromatic heterocycles. The molecule has 96 valence electrons. The summed E-state index contributed by atoms with van der Waals surface area (Å²) < 4.78 is 66.2. The molecule has 0 aliphatic rings. The monoisotopic (exact) mass is 275 g/mol. The second kappa shape index (κ2) is 5.48. The van der Waals surface area contributed by atoms with Crippen molar-refractivity contribution in [1.29, 1.82) is 0 Å². The number of pyridine rings is 1. The summed E-state index contributed by atoms with van der Waals surface area (Å²) in [7, 11) is 0. The minimum absolute atomic E-state index is 0.0166. The van der Waals surface area contributed by atoms with E-state index in [4.69, 9.17) is 11.6 Å². The summed E-state index contributed by atoms with van der Waals surface area (Å²) in [6, 6.07) is 1.22. The van der Waals surface area contributed by atoms with Gasteiger partial charge in [0.15, 0.2) is 12.4 Å². The Bertz CT molecular complexity index is 388. The van der Waals surface area contributed by atoms with Crippen molar-refractivity contribution in [2.24, 2.45) is 0 Å². The number of hydrogen-bond acceptors (Lipinski definition) is 2. The third-order valence-corrected chi connectivity index (χ3v) is 2.09. The van der Waals surface area contributed by atoms with Gasteiger partial charge in [-0.2, -0.15) is 8.78 Å². The minimum Gasteiger partial charge on any atom is -0.469 e. The second-order valence-electron chi connectivity index (χ2n) is 3.07. The number of halogens is 6. The average molecular weight is 276 g/mol. The molecule has 0 saturated carbocycles. The van der Waals surface area contributed by atoms with E-state index in [1.54, 1.807) is 0 Å². The van der Waals surface area contributed by atoms with E-state index in [1.807, 2.05) is 0 Å². The number of aromatic nitrogens is 1. The van der Waals surface area contributed by atoms with Crippen molar-refractivity contribution in [1.82, 2.24) is 4.98 Å². The van der Waals surface area contributed by atoms with Crippen LogP contribution in [-0.4, -0.2) is 23.9 Å². The Morgan fingerprint density at radius 2 is 2.06 bits per heavy atom. The maximum Gasteiger partial charge on any atom is 0.340 e. The van der Waals surface area contributed by atoms with Gasteiger partial charge in [0.2, 0.25) is 0 Å². The van der Waals surface area contributed by atoms with Gasteiger partial charge in [-0.05, 0) is 6.07 Å². The first-order valence-electron chi connectivity index (χ1n) is 4.36. The van der Waals surface area contributed by atoms with Crippen molar-refractivity contribution < 1.29 is 26.7 Å². The van der Waals surface area contributed by atoms with Crippen LogP contribution in [0.4, 0.5) is 22.0 Å². The number of rotatable bonds is 5. The molecular formula is C9H7ClF5NO. The fourth-order valence-corrected chi connectivity index (χ4v) is 1.10. The second-order valence-corrected chi connectivity index (χ2v) is 3.34. The van der Waals surface area contributed by atoms with Crippen LogP contribution in [0.3, 0.4) is 0 Å². The van der Waals surface area contributed by atoms with Gasteiger partial charge >= 0.3 is 12.3 Å². The Morgan fingerprint density at radius 1 is 1.41 bits per heavy atom. The number of alkyl halides is 5. The Balaban J connectivity index is 2.76. The lowest BCUT2D eigenvalue weighted by molar-refractivity contribution is -0.149. The summed E-state index contributed by atoms with van der Waals surface area (Å²) >= 11 is 5.35. The van der Waals surface area contributed by atoms with Crippen LogP contribution in [0.25, 0.3) is 0 Å². The van der Waals surface area contributed by atoms with Gasteiger partial charge in [0.25, 0.3) is 5.88 Å². The molecule has 0 atom stereocenters. The predicted molar refractivity (Wildman–Crippen MR) is 50.2 cm³/mol. The molecule has 0 fully saturated rings. The Morgan fingerprint density at radius 3 is 2.59 bits per heavy atom. The van der Waals surface area contributed by atoms with Gasteiger partial charge in [-0.3, -0.25) is 0 Å². The van der Waals surface area contributed by atoms with Gasteiger partial charge in [-0.15, -0.1) is 11.6 Å². The number of ether oxygens (including phenoxy) is 1. The summed E-state index contributed by atoms with van der Waals surface area (Å²) in [5.74, 6) is -6.38. The van der Waals surface area contributed by atoms with Gasteiger partial charge in [0.1, 0.15) is 0 Å². The van der Waals surface area contributed by atoms with Crippen LogP contribution in [-0.2, 0) is 5.88 Å². The average Bonchev–Trinajstić information content (AvgIpc) is 2.27. The molecule has 8 heteroatoms. The zero-order valence-electron chi connectivity index (χ0n) is 8.27. The van der Waals surface area contributed by atoms with Crippen molar-refractivity contribution in [3.8, 4) is 5.88 Å². The van der Waals surface area contributed by atoms with Crippen LogP contribution >= 0.6 is 11.6 Å².